The van der Waals surface area contributed by atoms with Crippen molar-refractivity contribution in [2.75, 3.05) is 13.1 Å². The predicted molar refractivity (Wildman–Crippen MR) is 78.0 cm³/mol. The Hall–Kier alpha value is -1.81. The number of primary amides is 1. The average molecular weight is 259 g/mol. The Bertz CT molecular complexity index is 598. The standard InChI is InChI=1S/C15H21N3O/c1-15(2,10-17-8-14(16)19)12-9-18(3)13-7-5-4-6-11(12)13/h4-7,9,17H,8,10H2,1-3H3,(H2,16,19). The van der Waals surface area contributed by atoms with E-state index < -0.39 is 0 Å². The Morgan fingerprint density at radius 2 is 2.05 bits per heavy atom. The number of hydrogen-bond acceptors (Lipinski definition) is 2. The van der Waals surface area contributed by atoms with Crippen LogP contribution in [-0.4, -0.2) is 23.6 Å². The normalized spacial score (nSPS) is 11.9. The minimum atomic E-state index is -0.325. The highest BCUT2D eigenvalue weighted by Gasteiger charge is 2.24. The lowest BCUT2D eigenvalue weighted by Crippen LogP contribution is -2.37. The van der Waals surface area contributed by atoms with Gasteiger partial charge in [0.1, 0.15) is 0 Å². The van der Waals surface area contributed by atoms with Crippen molar-refractivity contribution in [2.24, 2.45) is 12.8 Å². The van der Waals surface area contributed by atoms with Crippen molar-refractivity contribution >= 4 is 16.8 Å². The fourth-order valence-electron chi connectivity index (χ4n) is 2.47. The van der Waals surface area contributed by atoms with Crippen LogP contribution in [0, 0.1) is 0 Å². The highest BCUT2D eigenvalue weighted by atomic mass is 16.1. The lowest BCUT2D eigenvalue weighted by atomic mass is 9.84. The second-order valence-electron chi connectivity index (χ2n) is 5.62. The first-order valence-electron chi connectivity index (χ1n) is 6.45. The van der Waals surface area contributed by atoms with E-state index in [0.29, 0.717) is 6.54 Å². The van der Waals surface area contributed by atoms with Crippen LogP contribution in [-0.2, 0) is 17.3 Å². The number of aryl methyl sites for hydroxylation is 1. The first-order valence-corrected chi connectivity index (χ1v) is 6.45. The van der Waals surface area contributed by atoms with E-state index in [9.17, 15) is 4.79 Å². The molecule has 3 N–H and O–H groups in total. The maximum atomic E-state index is 10.8. The number of carbonyl (C=O) groups is 1. The summed E-state index contributed by atoms with van der Waals surface area (Å²) >= 11 is 0. The van der Waals surface area contributed by atoms with Gasteiger partial charge in [-0.25, -0.2) is 0 Å². The van der Waals surface area contributed by atoms with Gasteiger partial charge < -0.3 is 15.6 Å². The van der Waals surface area contributed by atoms with Crippen molar-refractivity contribution in [3.8, 4) is 0 Å². The van der Waals surface area contributed by atoms with Gasteiger partial charge >= 0.3 is 0 Å². The summed E-state index contributed by atoms with van der Waals surface area (Å²) in [5, 5.41) is 4.37. The highest BCUT2D eigenvalue weighted by molar-refractivity contribution is 5.85. The van der Waals surface area contributed by atoms with Crippen LogP contribution >= 0.6 is 0 Å². The van der Waals surface area contributed by atoms with Gasteiger partial charge in [0, 0.05) is 36.1 Å². The topological polar surface area (TPSA) is 60.1 Å². The molecule has 0 atom stereocenters. The Balaban J connectivity index is 2.29. The highest BCUT2D eigenvalue weighted by Crippen LogP contribution is 2.31. The maximum Gasteiger partial charge on any atom is 0.231 e. The van der Waals surface area contributed by atoms with Gasteiger partial charge in [-0.1, -0.05) is 32.0 Å². The van der Waals surface area contributed by atoms with Crippen LogP contribution in [0.1, 0.15) is 19.4 Å². The molecule has 19 heavy (non-hydrogen) atoms. The van der Waals surface area contributed by atoms with E-state index in [1.165, 1.54) is 16.5 Å². The summed E-state index contributed by atoms with van der Waals surface area (Å²) in [5.74, 6) is -0.325. The molecule has 0 aliphatic carbocycles. The molecule has 0 spiro atoms. The summed E-state index contributed by atoms with van der Waals surface area (Å²) in [6.45, 7) is 5.27. The number of carbonyl (C=O) groups excluding carboxylic acids is 1. The third-order valence-electron chi connectivity index (χ3n) is 3.49. The number of fused-ring (bicyclic) bond motifs is 1. The van der Waals surface area contributed by atoms with Gasteiger partial charge in [-0.2, -0.15) is 0 Å². The van der Waals surface area contributed by atoms with E-state index in [0.717, 1.165) is 0 Å². The van der Waals surface area contributed by atoms with Crippen LogP contribution in [0.15, 0.2) is 30.5 Å². The zero-order chi connectivity index (χ0) is 14.0. The summed E-state index contributed by atoms with van der Waals surface area (Å²) in [6, 6.07) is 8.36. The zero-order valence-electron chi connectivity index (χ0n) is 11.7. The van der Waals surface area contributed by atoms with Crippen molar-refractivity contribution in [2.45, 2.75) is 19.3 Å². The lowest BCUT2D eigenvalue weighted by molar-refractivity contribution is -0.117. The van der Waals surface area contributed by atoms with Gasteiger partial charge in [-0.3, -0.25) is 4.79 Å². The molecule has 102 valence electrons. The number of rotatable bonds is 5. The van der Waals surface area contributed by atoms with Crippen molar-refractivity contribution in [3.05, 3.63) is 36.0 Å². The Labute approximate surface area is 113 Å². The predicted octanol–water partition coefficient (Wildman–Crippen LogP) is 1.53. The molecule has 0 bridgehead atoms. The molecule has 0 unspecified atom stereocenters. The Morgan fingerprint density at radius 3 is 2.74 bits per heavy atom. The molecular weight excluding hydrogens is 238 g/mol. The molecule has 4 nitrogen and oxygen atoms in total. The Kier molecular flexibility index (Phi) is 3.62. The third kappa shape index (κ3) is 2.79. The lowest BCUT2D eigenvalue weighted by Gasteiger charge is -2.24. The van der Waals surface area contributed by atoms with E-state index in [4.69, 9.17) is 5.73 Å². The van der Waals surface area contributed by atoms with Crippen molar-refractivity contribution in [1.29, 1.82) is 0 Å². The van der Waals surface area contributed by atoms with Crippen LogP contribution in [0.5, 0.6) is 0 Å². The Morgan fingerprint density at radius 1 is 1.37 bits per heavy atom. The summed E-state index contributed by atoms with van der Waals surface area (Å²) in [6.07, 6.45) is 2.16. The number of nitrogens with one attached hydrogen (secondary N) is 1. The van der Waals surface area contributed by atoms with E-state index in [-0.39, 0.29) is 17.9 Å². The molecular formula is C15H21N3O. The third-order valence-corrected chi connectivity index (χ3v) is 3.49. The van der Waals surface area contributed by atoms with Gasteiger partial charge in [-0.15, -0.1) is 0 Å². The first-order chi connectivity index (χ1) is 8.92. The molecule has 2 aromatic rings. The molecule has 0 saturated heterocycles. The molecule has 2 rings (SSSR count). The van der Waals surface area contributed by atoms with Gasteiger partial charge in [0.2, 0.25) is 5.91 Å². The molecule has 1 aromatic heterocycles. The molecule has 0 radical (unpaired) electrons. The van der Waals surface area contributed by atoms with Crippen molar-refractivity contribution < 1.29 is 4.79 Å². The number of para-hydroxylation sites is 1. The smallest absolute Gasteiger partial charge is 0.231 e. The summed E-state index contributed by atoms with van der Waals surface area (Å²) in [4.78, 5) is 10.8. The van der Waals surface area contributed by atoms with E-state index in [1.807, 2.05) is 6.07 Å². The number of hydrogen-bond donors (Lipinski definition) is 2. The van der Waals surface area contributed by atoms with Crippen molar-refractivity contribution in [1.82, 2.24) is 9.88 Å². The quantitative estimate of drug-likeness (QED) is 0.855. The van der Waals surface area contributed by atoms with Gasteiger partial charge in [0.05, 0.1) is 6.54 Å². The van der Waals surface area contributed by atoms with Crippen molar-refractivity contribution in [3.63, 3.8) is 0 Å². The van der Waals surface area contributed by atoms with Crippen LogP contribution in [0.3, 0.4) is 0 Å². The summed E-state index contributed by atoms with van der Waals surface area (Å²) in [5.41, 5.74) is 7.59. The number of benzene rings is 1. The molecule has 0 saturated carbocycles. The number of aromatic nitrogens is 1. The molecule has 1 aromatic carbocycles. The number of nitrogens with zero attached hydrogens (tertiary/aromatic N) is 1. The van der Waals surface area contributed by atoms with E-state index in [1.54, 1.807) is 0 Å². The van der Waals surface area contributed by atoms with Gasteiger partial charge in [-0.05, 0) is 11.6 Å². The number of amides is 1. The largest absolute Gasteiger partial charge is 0.369 e. The van der Waals surface area contributed by atoms with E-state index >= 15 is 0 Å². The SMILES string of the molecule is Cn1cc(C(C)(C)CNCC(N)=O)c2ccccc21. The second kappa shape index (κ2) is 5.05. The minimum Gasteiger partial charge on any atom is -0.369 e. The molecule has 0 fully saturated rings. The molecule has 0 aliphatic rings. The summed E-state index contributed by atoms with van der Waals surface area (Å²) < 4.78 is 2.14. The first kappa shape index (κ1) is 13.6. The zero-order valence-corrected chi connectivity index (χ0v) is 11.7. The molecule has 1 amide bonds. The van der Waals surface area contributed by atoms with Crippen LogP contribution in [0.2, 0.25) is 0 Å². The maximum absolute atomic E-state index is 10.8. The van der Waals surface area contributed by atoms with Crippen LogP contribution in [0.25, 0.3) is 10.9 Å². The van der Waals surface area contributed by atoms with E-state index in [2.05, 4.69) is 55.2 Å². The minimum absolute atomic E-state index is 0.0592. The van der Waals surface area contributed by atoms with Crippen LogP contribution < -0.4 is 11.1 Å². The fraction of sp³-hybridized carbons (Fsp3) is 0.400. The van der Waals surface area contributed by atoms with Gasteiger partial charge in [0.25, 0.3) is 0 Å². The average Bonchev–Trinajstić information content (AvgIpc) is 2.68. The monoisotopic (exact) mass is 259 g/mol. The summed E-state index contributed by atoms with van der Waals surface area (Å²) in [7, 11) is 2.05. The molecule has 0 aliphatic heterocycles. The molecule has 4 heteroatoms. The van der Waals surface area contributed by atoms with Crippen LogP contribution in [0.4, 0.5) is 0 Å². The second-order valence-corrected chi connectivity index (χ2v) is 5.62. The molecule has 1 heterocycles. The van der Waals surface area contributed by atoms with Gasteiger partial charge in [0.15, 0.2) is 0 Å². The fourth-order valence-corrected chi connectivity index (χ4v) is 2.47. The number of nitrogens with two attached hydrogens (primary N) is 1.